The minimum Gasteiger partial charge on any atom is -0.408 e. The van der Waals surface area contributed by atoms with Gasteiger partial charge in [0.2, 0.25) is 0 Å². The first-order valence-corrected chi connectivity index (χ1v) is 4.92. The van der Waals surface area contributed by atoms with Gasteiger partial charge in [-0.15, -0.1) is 4.73 Å². The Balaban J connectivity index is 2.46. The number of rotatable bonds is 0. The highest BCUT2D eigenvalue weighted by molar-refractivity contribution is 5.77. The molecule has 0 spiro atoms. The molecule has 0 bridgehead atoms. The Morgan fingerprint density at radius 2 is 2.27 bits per heavy atom. The minimum absolute atomic E-state index is 0.111. The third kappa shape index (κ3) is 1.08. The average molecular weight is 202 g/mol. The smallest absolute Gasteiger partial charge is 0.294 e. The number of para-hydroxylation sites is 1. The summed E-state index contributed by atoms with van der Waals surface area (Å²) in [6.45, 7) is 2.53. The molecule has 0 saturated heterocycles. The molecule has 1 aliphatic heterocycles. The summed E-state index contributed by atoms with van der Waals surface area (Å²) in [6.07, 6.45) is 0. The van der Waals surface area contributed by atoms with Crippen LogP contribution in [0.1, 0.15) is 18.7 Å². The maximum atomic E-state index is 12.0. The zero-order valence-electron chi connectivity index (χ0n) is 8.30. The second-order valence-corrected chi connectivity index (χ2v) is 3.78. The molecule has 76 valence electrons. The Kier molecular flexibility index (Phi) is 1.59. The fourth-order valence-electron chi connectivity index (χ4n) is 1.83. The van der Waals surface area contributed by atoms with Crippen molar-refractivity contribution in [2.45, 2.75) is 12.8 Å². The van der Waals surface area contributed by atoms with Gasteiger partial charge in [0.15, 0.2) is 5.82 Å². The monoisotopic (exact) mass is 202 g/mol. The number of hydrogen-bond acceptors (Lipinski definition) is 3. The van der Waals surface area contributed by atoms with E-state index in [1.807, 2.05) is 25.1 Å². The van der Waals surface area contributed by atoms with Crippen LogP contribution >= 0.6 is 0 Å². The van der Waals surface area contributed by atoms with Crippen LogP contribution in [0.2, 0.25) is 0 Å². The maximum absolute atomic E-state index is 12.0. The van der Waals surface area contributed by atoms with Crippen molar-refractivity contribution in [3.8, 4) is 0 Å². The molecule has 4 nitrogen and oxygen atoms in total. The van der Waals surface area contributed by atoms with Crippen LogP contribution in [-0.4, -0.2) is 16.3 Å². The molecule has 1 aromatic carbocycles. The van der Waals surface area contributed by atoms with Crippen molar-refractivity contribution in [3.05, 3.63) is 40.4 Å². The summed E-state index contributed by atoms with van der Waals surface area (Å²) < 4.78 is 1.31. The summed E-state index contributed by atoms with van der Waals surface area (Å²) in [5, 5.41) is 0.607. The molecule has 1 aromatic heterocycles. The van der Waals surface area contributed by atoms with Crippen LogP contribution < -0.4 is 10.4 Å². The lowest BCUT2D eigenvalue weighted by Crippen LogP contribution is -2.25. The van der Waals surface area contributed by atoms with E-state index in [-0.39, 0.29) is 11.5 Å². The normalized spacial score (nSPS) is 18.9. The van der Waals surface area contributed by atoms with E-state index in [4.69, 9.17) is 4.84 Å². The van der Waals surface area contributed by atoms with E-state index in [0.29, 0.717) is 12.0 Å². The average Bonchev–Trinajstić information content (AvgIpc) is 2.62. The zero-order valence-corrected chi connectivity index (χ0v) is 8.30. The molecule has 15 heavy (non-hydrogen) atoms. The quantitative estimate of drug-likeness (QED) is 0.638. The van der Waals surface area contributed by atoms with Gasteiger partial charge < -0.3 is 4.84 Å². The molecule has 0 radical (unpaired) electrons. The summed E-state index contributed by atoms with van der Waals surface area (Å²) in [7, 11) is 0. The fraction of sp³-hybridized carbons (Fsp3) is 0.273. The molecule has 1 atom stereocenters. The lowest BCUT2D eigenvalue weighted by Gasteiger charge is -2.03. The summed E-state index contributed by atoms with van der Waals surface area (Å²) in [4.78, 5) is 21.7. The third-order valence-corrected chi connectivity index (χ3v) is 2.66. The van der Waals surface area contributed by atoms with Gasteiger partial charge in [-0.1, -0.05) is 19.1 Å². The first-order valence-electron chi connectivity index (χ1n) is 4.92. The fourth-order valence-corrected chi connectivity index (χ4v) is 1.83. The van der Waals surface area contributed by atoms with Gasteiger partial charge in [0.1, 0.15) is 6.61 Å². The number of fused-ring (bicyclic) bond motifs is 2. The number of hydrogen-bond donors (Lipinski definition) is 0. The topological polar surface area (TPSA) is 44.1 Å². The van der Waals surface area contributed by atoms with Crippen molar-refractivity contribution in [2.24, 2.45) is 0 Å². The molecule has 4 heteroatoms. The molecule has 3 rings (SSSR count). The lowest BCUT2D eigenvalue weighted by atomic mass is 10.2. The van der Waals surface area contributed by atoms with E-state index in [1.54, 1.807) is 6.07 Å². The Bertz CT molecular complexity index is 589. The predicted octanol–water partition coefficient (Wildman–Crippen LogP) is 0.942. The van der Waals surface area contributed by atoms with Gasteiger partial charge in [-0.3, -0.25) is 4.79 Å². The van der Waals surface area contributed by atoms with Crippen molar-refractivity contribution in [1.82, 2.24) is 9.71 Å². The third-order valence-electron chi connectivity index (χ3n) is 2.66. The molecular formula is C11H10N2O2. The number of nitrogens with zero attached hydrogens (tertiary/aromatic N) is 2. The Morgan fingerprint density at radius 3 is 3.13 bits per heavy atom. The van der Waals surface area contributed by atoms with Crippen molar-refractivity contribution in [1.29, 1.82) is 0 Å². The van der Waals surface area contributed by atoms with Crippen LogP contribution in [0.4, 0.5) is 0 Å². The first-order chi connectivity index (χ1) is 7.27. The molecule has 0 amide bonds. The highest BCUT2D eigenvalue weighted by Gasteiger charge is 2.24. The van der Waals surface area contributed by atoms with Crippen LogP contribution in [0.15, 0.2) is 29.1 Å². The van der Waals surface area contributed by atoms with Gasteiger partial charge in [-0.05, 0) is 12.1 Å². The van der Waals surface area contributed by atoms with Crippen LogP contribution in [0, 0.1) is 0 Å². The largest absolute Gasteiger partial charge is 0.408 e. The molecule has 0 unspecified atom stereocenters. The van der Waals surface area contributed by atoms with E-state index in [0.717, 1.165) is 11.3 Å². The minimum atomic E-state index is -0.111. The van der Waals surface area contributed by atoms with Crippen molar-refractivity contribution >= 4 is 10.9 Å². The summed E-state index contributed by atoms with van der Waals surface area (Å²) in [5.41, 5.74) is 0.631. The van der Waals surface area contributed by atoms with Crippen molar-refractivity contribution in [2.75, 3.05) is 6.61 Å². The summed E-state index contributed by atoms with van der Waals surface area (Å²) >= 11 is 0. The zero-order chi connectivity index (χ0) is 10.4. The van der Waals surface area contributed by atoms with E-state index in [1.165, 1.54) is 4.73 Å². The van der Waals surface area contributed by atoms with Crippen molar-refractivity contribution < 1.29 is 4.84 Å². The van der Waals surface area contributed by atoms with Crippen LogP contribution in [0.25, 0.3) is 10.9 Å². The Morgan fingerprint density at radius 1 is 1.47 bits per heavy atom. The highest BCUT2D eigenvalue weighted by Crippen LogP contribution is 2.18. The molecule has 2 heterocycles. The molecular weight excluding hydrogens is 192 g/mol. The van der Waals surface area contributed by atoms with Crippen LogP contribution in [-0.2, 0) is 0 Å². The van der Waals surface area contributed by atoms with Gasteiger partial charge in [0.05, 0.1) is 16.8 Å². The van der Waals surface area contributed by atoms with E-state index in [9.17, 15) is 4.79 Å². The van der Waals surface area contributed by atoms with Crippen LogP contribution in [0.3, 0.4) is 0 Å². The molecule has 2 aromatic rings. The van der Waals surface area contributed by atoms with Gasteiger partial charge in [0.25, 0.3) is 5.56 Å². The van der Waals surface area contributed by atoms with E-state index in [2.05, 4.69) is 4.98 Å². The van der Waals surface area contributed by atoms with Gasteiger partial charge >= 0.3 is 0 Å². The van der Waals surface area contributed by atoms with Gasteiger partial charge in [-0.25, -0.2) is 4.98 Å². The van der Waals surface area contributed by atoms with Crippen molar-refractivity contribution in [3.63, 3.8) is 0 Å². The summed E-state index contributed by atoms with van der Waals surface area (Å²) in [5.74, 6) is 0.904. The molecule has 0 fully saturated rings. The second-order valence-electron chi connectivity index (χ2n) is 3.78. The molecule has 0 aliphatic carbocycles. The maximum Gasteiger partial charge on any atom is 0.294 e. The van der Waals surface area contributed by atoms with E-state index < -0.39 is 0 Å². The predicted molar refractivity (Wildman–Crippen MR) is 55.9 cm³/mol. The van der Waals surface area contributed by atoms with E-state index >= 15 is 0 Å². The standard InChI is InChI=1S/C11H10N2O2/c1-7-6-15-13-10(7)12-9-5-3-2-4-8(9)11(13)14/h2-5,7H,6H2,1H3/t7-/m0/s1. The molecule has 0 N–H and O–H groups in total. The summed E-state index contributed by atoms with van der Waals surface area (Å²) in [6, 6.07) is 7.33. The number of benzene rings is 1. The first kappa shape index (κ1) is 8.47. The van der Waals surface area contributed by atoms with Gasteiger partial charge in [-0.2, -0.15) is 0 Å². The Hall–Kier alpha value is -1.84. The van der Waals surface area contributed by atoms with Crippen LogP contribution in [0.5, 0.6) is 0 Å². The number of aromatic nitrogens is 2. The Labute approximate surface area is 86.1 Å². The second kappa shape index (κ2) is 2.82. The van der Waals surface area contributed by atoms with Gasteiger partial charge in [0, 0.05) is 0 Å². The lowest BCUT2D eigenvalue weighted by molar-refractivity contribution is 0.137. The SMILES string of the molecule is C[C@H]1COn2c1nc1ccccc1c2=O. The highest BCUT2D eigenvalue weighted by atomic mass is 16.7. The molecule has 1 aliphatic rings. The molecule has 0 saturated carbocycles.